The minimum absolute atomic E-state index is 0.0354. The van der Waals surface area contributed by atoms with E-state index in [0.29, 0.717) is 12.5 Å². The van der Waals surface area contributed by atoms with Crippen LogP contribution in [0.3, 0.4) is 0 Å². The summed E-state index contributed by atoms with van der Waals surface area (Å²) in [7, 11) is 0. The van der Waals surface area contributed by atoms with Gasteiger partial charge in [0.25, 0.3) is 0 Å². The van der Waals surface area contributed by atoms with Gasteiger partial charge in [-0.25, -0.2) is 0 Å². The number of para-hydroxylation sites is 1. The Balaban J connectivity index is 1.32. The van der Waals surface area contributed by atoms with E-state index in [9.17, 15) is 4.79 Å². The molecule has 1 atom stereocenters. The first-order chi connectivity index (χ1) is 9.81. The van der Waals surface area contributed by atoms with Crippen LogP contribution < -0.4 is 10.6 Å². The Bertz CT molecular complexity index is 444. The molecule has 0 bridgehead atoms. The Morgan fingerprint density at radius 2 is 2.00 bits per heavy atom. The monoisotopic (exact) mass is 273 g/mol. The number of nitrogens with zero attached hydrogens (tertiary/aromatic N) is 1. The summed E-state index contributed by atoms with van der Waals surface area (Å²) < 4.78 is 0. The fourth-order valence-electron chi connectivity index (χ4n) is 2.92. The number of hydrogen-bond acceptors (Lipinski definition) is 3. The molecule has 3 rings (SSSR count). The number of rotatable bonds is 6. The van der Waals surface area contributed by atoms with Crippen LogP contribution in [0, 0.1) is 5.92 Å². The van der Waals surface area contributed by atoms with Crippen molar-refractivity contribution in [1.82, 2.24) is 10.2 Å². The molecule has 1 heterocycles. The largest absolute Gasteiger partial charge is 0.325 e. The molecule has 1 aromatic carbocycles. The molecule has 1 aromatic rings. The lowest BCUT2D eigenvalue weighted by atomic mass is 10.1. The molecule has 1 aliphatic carbocycles. The molecular weight excluding hydrogens is 250 g/mol. The Labute approximate surface area is 120 Å². The summed E-state index contributed by atoms with van der Waals surface area (Å²) in [6, 6.07) is 10.5. The third kappa shape index (κ3) is 3.81. The molecule has 108 valence electrons. The van der Waals surface area contributed by atoms with Crippen LogP contribution in [0.25, 0.3) is 0 Å². The highest BCUT2D eigenvalue weighted by Crippen LogP contribution is 2.31. The summed E-state index contributed by atoms with van der Waals surface area (Å²) in [5.74, 6) is 0.744. The minimum Gasteiger partial charge on any atom is -0.325 e. The molecule has 20 heavy (non-hydrogen) atoms. The van der Waals surface area contributed by atoms with Crippen molar-refractivity contribution >= 4 is 11.6 Å². The molecule has 4 heteroatoms. The first-order valence-corrected chi connectivity index (χ1v) is 7.61. The van der Waals surface area contributed by atoms with Crippen LogP contribution in [-0.2, 0) is 4.79 Å². The summed E-state index contributed by atoms with van der Waals surface area (Å²) in [6.45, 7) is 3.80. The summed E-state index contributed by atoms with van der Waals surface area (Å²) >= 11 is 0. The molecule has 1 saturated carbocycles. The smallest absolute Gasteiger partial charge is 0.238 e. The summed E-state index contributed by atoms with van der Waals surface area (Å²) in [5, 5.41) is 6.18. The van der Waals surface area contributed by atoms with Crippen LogP contribution in [0.1, 0.15) is 19.3 Å². The number of hydrogen-bond donors (Lipinski definition) is 2. The van der Waals surface area contributed by atoms with E-state index in [1.54, 1.807) is 0 Å². The fourth-order valence-corrected chi connectivity index (χ4v) is 2.92. The second-order valence-electron chi connectivity index (χ2n) is 5.93. The SMILES string of the molecule is O=C(CNCC1CCN(C2CC2)C1)Nc1ccccc1. The Kier molecular flexibility index (Phi) is 4.33. The fraction of sp³-hybridized carbons (Fsp3) is 0.562. The van der Waals surface area contributed by atoms with Crippen molar-refractivity contribution in [1.29, 1.82) is 0 Å². The molecule has 2 aliphatic rings. The van der Waals surface area contributed by atoms with E-state index in [1.807, 2.05) is 30.3 Å². The lowest BCUT2D eigenvalue weighted by Crippen LogP contribution is -2.33. The predicted octanol–water partition coefficient (Wildman–Crippen LogP) is 1.70. The van der Waals surface area contributed by atoms with Crippen molar-refractivity contribution in [3.05, 3.63) is 30.3 Å². The van der Waals surface area contributed by atoms with Crippen molar-refractivity contribution in [3.8, 4) is 0 Å². The van der Waals surface area contributed by atoms with E-state index in [1.165, 1.54) is 32.4 Å². The zero-order valence-corrected chi connectivity index (χ0v) is 11.8. The quantitative estimate of drug-likeness (QED) is 0.829. The van der Waals surface area contributed by atoms with Crippen LogP contribution in [0.4, 0.5) is 5.69 Å². The van der Waals surface area contributed by atoms with E-state index in [-0.39, 0.29) is 5.91 Å². The van der Waals surface area contributed by atoms with E-state index < -0.39 is 0 Å². The summed E-state index contributed by atoms with van der Waals surface area (Å²) in [5.41, 5.74) is 0.861. The average Bonchev–Trinajstić information content (AvgIpc) is 3.20. The molecule has 2 N–H and O–H groups in total. The van der Waals surface area contributed by atoms with E-state index >= 15 is 0 Å². The van der Waals surface area contributed by atoms with Gasteiger partial charge in [0, 0.05) is 18.3 Å². The van der Waals surface area contributed by atoms with Gasteiger partial charge in [-0.3, -0.25) is 4.79 Å². The van der Waals surface area contributed by atoms with Crippen molar-refractivity contribution in [2.75, 3.05) is 31.5 Å². The van der Waals surface area contributed by atoms with Crippen molar-refractivity contribution in [3.63, 3.8) is 0 Å². The van der Waals surface area contributed by atoms with Gasteiger partial charge >= 0.3 is 0 Å². The molecule has 2 fully saturated rings. The van der Waals surface area contributed by atoms with Crippen LogP contribution in [0.5, 0.6) is 0 Å². The highest BCUT2D eigenvalue weighted by molar-refractivity contribution is 5.92. The molecule has 1 aliphatic heterocycles. The Morgan fingerprint density at radius 1 is 1.20 bits per heavy atom. The molecule has 1 unspecified atom stereocenters. The van der Waals surface area contributed by atoms with Gasteiger partial charge in [0.15, 0.2) is 0 Å². The van der Waals surface area contributed by atoms with Gasteiger partial charge in [-0.15, -0.1) is 0 Å². The lowest BCUT2D eigenvalue weighted by Gasteiger charge is -2.15. The van der Waals surface area contributed by atoms with E-state index in [4.69, 9.17) is 0 Å². The number of benzene rings is 1. The molecule has 0 radical (unpaired) electrons. The van der Waals surface area contributed by atoms with Gasteiger partial charge in [-0.05, 0) is 50.4 Å². The molecular formula is C16H23N3O. The van der Waals surface area contributed by atoms with Crippen LogP contribution >= 0.6 is 0 Å². The van der Waals surface area contributed by atoms with E-state index in [0.717, 1.165) is 18.3 Å². The molecule has 1 amide bonds. The maximum atomic E-state index is 11.8. The molecule has 1 saturated heterocycles. The number of amides is 1. The maximum Gasteiger partial charge on any atom is 0.238 e. The normalized spacial score (nSPS) is 22.9. The third-order valence-corrected chi connectivity index (χ3v) is 4.16. The van der Waals surface area contributed by atoms with Crippen LogP contribution in [-0.4, -0.2) is 43.0 Å². The highest BCUT2D eigenvalue weighted by atomic mass is 16.1. The van der Waals surface area contributed by atoms with Crippen LogP contribution in [0.2, 0.25) is 0 Å². The predicted molar refractivity (Wildman–Crippen MR) is 80.6 cm³/mol. The van der Waals surface area contributed by atoms with Crippen molar-refractivity contribution in [2.45, 2.75) is 25.3 Å². The summed E-state index contributed by atoms with van der Waals surface area (Å²) in [6.07, 6.45) is 4.04. The molecule has 4 nitrogen and oxygen atoms in total. The Morgan fingerprint density at radius 3 is 2.75 bits per heavy atom. The first-order valence-electron chi connectivity index (χ1n) is 7.61. The van der Waals surface area contributed by atoms with Crippen molar-refractivity contribution in [2.24, 2.45) is 5.92 Å². The first kappa shape index (κ1) is 13.6. The van der Waals surface area contributed by atoms with Crippen LogP contribution in [0.15, 0.2) is 30.3 Å². The lowest BCUT2D eigenvalue weighted by molar-refractivity contribution is -0.115. The third-order valence-electron chi connectivity index (χ3n) is 4.16. The number of likely N-dealkylation sites (tertiary alicyclic amines) is 1. The second kappa shape index (κ2) is 6.37. The van der Waals surface area contributed by atoms with Gasteiger partial charge in [-0.2, -0.15) is 0 Å². The highest BCUT2D eigenvalue weighted by Gasteiger charge is 2.33. The maximum absolute atomic E-state index is 11.8. The second-order valence-corrected chi connectivity index (χ2v) is 5.93. The average molecular weight is 273 g/mol. The van der Waals surface area contributed by atoms with Gasteiger partial charge in [0.2, 0.25) is 5.91 Å². The zero-order valence-electron chi connectivity index (χ0n) is 11.8. The van der Waals surface area contributed by atoms with E-state index in [2.05, 4.69) is 15.5 Å². The summed E-state index contributed by atoms with van der Waals surface area (Å²) in [4.78, 5) is 14.4. The standard InChI is InChI=1S/C16H23N3O/c20-16(18-14-4-2-1-3-5-14)11-17-10-13-8-9-19(12-13)15-6-7-15/h1-5,13,15,17H,6-12H2,(H,18,20). The molecule has 0 aromatic heterocycles. The number of anilines is 1. The number of nitrogens with one attached hydrogen (secondary N) is 2. The number of carbonyl (C=O) groups excluding carboxylic acids is 1. The number of carbonyl (C=O) groups is 1. The van der Waals surface area contributed by atoms with Crippen molar-refractivity contribution < 1.29 is 4.79 Å². The van der Waals surface area contributed by atoms with Gasteiger partial charge < -0.3 is 15.5 Å². The van der Waals surface area contributed by atoms with Gasteiger partial charge in [0.05, 0.1) is 6.54 Å². The topological polar surface area (TPSA) is 44.4 Å². The minimum atomic E-state index is 0.0354. The zero-order chi connectivity index (χ0) is 13.8. The molecule has 0 spiro atoms. The Hall–Kier alpha value is -1.39. The van der Waals surface area contributed by atoms with Gasteiger partial charge in [-0.1, -0.05) is 18.2 Å². The van der Waals surface area contributed by atoms with Gasteiger partial charge in [0.1, 0.15) is 0 Å².